The summed E-state index contributed by atoms with van der Waals surface area (Å²) in [4.78, 5) is 56.9. The topological polar surface area (TPSA) is 120 Å². The second kappa shape index (κ2) is 10.2. The van der Waals surface area contributed by atoms with Crippen LogP contribution in [0.1, 0.15) is 11.3 Å². The number of carbonyl (C=O) groups is 4. The molecule has 0 aliphatic carbocycles. The first-order valence-electron chi connectivity index (χ1n) is 10.3. The van der Waals surface area contributed by atoms with E-state index in [0.717, 1.165) is 5.56 Å². The molecule has 12 heteroatoms. The highest BCUT2D eigenvalue weighted by molar-refractivity contribution is 8.07. The fourth-order valence-electron chi connectivity index (χ4n) is 3.51. The molecule has 0 spiro atoms. The molecular weight excluding hydrogens is 496 g/mol. The van der Waals surface area contributed by atoms with Gasteiger partial charge in [-0.05, 0) is 5.56 Å². The van der Waals surface area contributed by atoms with Crippen LogP contribution in [0.5, 0.6) is 0 Å². The van der Waals surface area contributed by atoms with Gasteiger partial charge in [0.15, 0.2) is 4.34 Å². The molecule has 1 saturated heterocycles. The van der Waals surface area contributed by atoms with E-state index in [1.807, 2.05) is 30.3 Å². The Labute approximate surface area is 208 Å². The van der Waals surface area contributed by atoms with Crippen LogP contribution in [0.15, 0.2) is 50.7 Å². The number of likely N-dealkylation sites (N-methyl/N-ethyl adjacent to an activating group) is 1. The second-order valence-corrected chi connectivity index (χ2v) is 11.2. The fourth-order valence-corrected chi connectivity index (χ4v) is 6.98. The van der Waals surface area contributed by atoms with E-state index < -0.39 is 23.3 Å². The van der Waals surface area contributed by atoms with Crippen molar-refractivity contribution in [2.45, 2.75) is 28.6 Å². The number of fused-ring (bicyclic) bond motifs is 1. The molecule has 1 aromatic carbocycles. The van der Waals surface area contributed by atoms with Gasteiger partial charge in [0, 0.05) is 30.1 Å². The summed E-state index contributed by atoms with van der Waals surface area (Å²) in [7, 11) is 3.34. The van der Waals surface area contributed by atoms with Crippen molar-refractivity contribution in [3.05, 3.63) is 57.6 Å². The molecule has 2 aliphatic rings. The largest absolute Gasteiger partial charge is 0.477 e. The third-order valence-electron chi connectivity index (χ3n) is 5.23. The van der Waals surface area contributed by atoms with Crippen molar-refractivity contribution in [2.75, 3.05) is 19.8 Å². The number of carboxylic acids is 1. The van der Waals surface area contributed by atoms with Gasteiger partial charge in [0.25, 0.3) is 5.91 Å². The number of hydrogen-bond acceptors (Lipinski definition) is 8. The molecule has 3 amide bonds. The van der Waals surface area contributed by atoms with Crippen molar-refractivity contribution < 1.29 is 24.3 Å². The number of thioether (sulfide) groups is 2. The number of carbonyl (C=O) groups excluding carboxylic acids is 3. The van der Waals surface area contributed by atoms with E-state index in [0.29, 0.717) is 20.7 Å². The summed E-state index contributed by atoms with van der Waals surface area (Å²) in [6, 6.07) is 8.44. The van der Waals surface area contributed by atoms with Crippen LogP contribution in [0.3, 0.4) is 0 Å². The second-order valence-electron chi connectivity index (χ2n) is 7.87. The van der Waals surface area contributed by atoms with E-state index in [-0.39, 0.29) is 30.4 Å². The maximum Gasteiger partial charge on any atom is 0.353 e. The number of aromatic nitrogens is 1. The van der Waals surface area contributed by atoms with Gasteiger partial charge in [0.1, 0.15) is 17.1 Å². The molecule has 1 aromatic heterocycles. The Morgan fingerprint density at radius 3 is 2.65 bits per heavy atom. The van der Waals surface area contributed by atoms with E-state index in [1.165, 1.54) is 44.7 Å². The lowest BCUT2D eigenvalue weighted by Crippen LogP contribution is -2.70. The number of rotatable bonds is 8. The molecule has 3 heterocycles. The summed E-state index contributed by atoms with van der Waals surface area (Å²) in [5.41, 5.74) is 1.37. The predicted octanol–water partition coefficient (Wildman–Crippen LogP) is 1.80. The van der Waals surface area contributed by atoms with Gasteiger partial charge in [0.05, 0.1) is 18.5 Å². The quantitative estimate of drug-likeness (QED) is 0.508. The molecular formula is C22H22N4O5S3. The Morgan fingerprint density at radius 2 is 1.97 bits per heavy atom. The molecule has 2 aliphatic heterocycles. The summed E-state index contributed by atoms with van der Waals surface area (Å²) in [6.07, 6.45) is 0.314. The highest BCUT2D eigenvalue weighted by Crippen LogP contribution is 2.45. The SMILES string of the molecule is CN(C)C(=O)Cc1csc(SC2=C(C(=O)O)N3C(=O)[C@@H](NC(=O)Cc4ccccc4)[C@@H]3SC2)n1. The van der Waals surface area contributed by atoms with Gasteiger partial charge in [-0.15, -0.1) is 23.1 Å². The third-order valence-corrected chi connectivity index (χ3v) is 8.77. The molecule has 0 bridgehead atoms. The Kier molecular flexibility index (Phi) is 7.29. The van der Waals surface area contributed by atoms with Crippen molar-refractivity contribution in [1.82, 2.24) is 20.1 Å². The number of benzene rings is 1. The van der Waals surface area contributed by atoms with Gasteiger partial charge in [-0.3, -0.25) is 19.3 Å². The highest BCUT2D eigenvalue weighted by atomic mass is 32.2. The van der Waals surface area contributed by atoms with E-state index in [2.05, 4.69) is 10.3 Å². The number of β-lactam (4-membered cyclic amide) rings is 1. The smallest absolute Gasteiger partial charge is 0.353 e. The zero-order chi connectivity index (χ0) is 24.4. The van der Waals surface area contributed by atoms with E-state index in [9.17, 15) is 24.3 Å². The Balaban J connectivity index is 1.44. The molecule has 0 saturated carbocycles. The normalized spacial score (nSPS) is 19.4. The fraction of sp³-hybridized carbons (Fsp3) is 0.318. The number of amides is 3. The van der Waals surface area contributed by atoms with Gasteiger partial charge in [-0.25, -0.2) is 9.78 Å². The first-order chi connectivity index (χ1) is 16.2. The summed E-state index contributed by atoms with van der Waals surface area (Å²) in [6.45, 7) is 0. The maximum atomic E-state index is 12.8. The van der Waals surface area contributed by atoms with Crippen molar-refractivity contribution in [1.29, 1.82) is 0 Å². The standard InChI is InChI=1S/C22H22N4O5S3/c1-25(2)16(28)9-13-10-33-22(23-13)34-14-11-32-20-17(19(29)26(20)18(14)21(30)31)24-15(27)8-12-6-4-3-5-7-12/h3-7,10,17,20H,8-9,11H2,1-2H3,(H,24,27)(H,30,31)/t17-,20+/m1/s1. The monoisotopic (exact) mass is 518 g/mol. The first-order valence-corrected chi connectivity index (χ1v) is 13.1. The molecule has 178 valence electrons. The van der Waals surface area contributed by atoms with E-state index in [4.69, 9.17) is 0 Å². The minimum atomic E-state index is -1.20. The van der Waals surface area contributed by atoms with Crippen molar-refractivity contribution in [2.24, 2.45) is 0 Å². The molecule has 34 heavy (non-hydrogen) atoms. The molecule has 2 atom stereocenters. The van der Waals surface area contributed by atoms with Crippen LogP contribution in [-0.4, -0.2) is 74.8 Å². The van der Waals surface area contributed by atoms with Gasteiger partial charge in [-0.2, -0.15) is 0 Å². The van der Waals surface area contributed by atoms with Gasteiger partial charge in [-0.1, -0.05) is 42.1 Å². The van der Waals surface area contributed by atoms with E-state index >= 15 is 0 Å². The van der Waals surface area contributed by atoms with Gasteiger partial charge in [0.2, 0.25) is 11.8 Å². The highest BCUT2D eigenvalue weighted by Gasteiger charge is 2.54. The van der Waals surface area contributed by atoms with Crippen LogP contribution >= 0.6 is 34.9 Å². The van der Waals surface area contributed by atoms with E-state index in [1.54, 1.807) is 19.5 Å². The number of aliphatic carboxylic acids is 1. The molecule has 2 aromatic rings. The van der Waals surface area contributed by atoms with Crippen molar-refractivity contribution in [3.8, 4) is 0 Å². The van der Waals surface area contributed by atoms with Crippen LogP contribution in [-0.2, 0) is 32.0 Å². The average molecular weight is 519 g/mol. The first kappa shape index (κ1) is 24.3. The molecule has 0 radical (unpaired) electrons. The Bertz CT molecular complexity index is 1160. The average Bonchev–Trinajstić information content (AvgIpc) is 3.24. The lowest BCUT2D eigenvalue weighted by Gasteiger charge is -2.49. The number of thiazole rings is 1. The van der Waals surface area contributed by atoms with Crippen LogP contribution in [0.4, 0.5) is 0 Å². The molecule has 1 fully saturated rings. The summed E-state index contributed by atoms with van der Waals surface area (Å²) in [5.74, 6) is -1.62. The van der Waals surface area contributed by atoms with Gasteiger partial charge < -0.3 is 15.3 Å². The summed E-state index contributed by atoms with van der Waals surface area (Å²) >= 11 is 3.93. The van der Waals surface area contributed by atoms with Crippen LogP contribution in [0.25, 0.3) is 0 Å². The maximum absolute atomic E-state index is 12.8. The molecule has 0 unspecified atom stereocenters. The number of nitrogens with zero attached hydrogens (tertiary/aromatic N) is 3. The van der Waals surface area contributed by atoms with Crippen molar-refractivity contribution >= 4 is 58.6 Å². The van der Waals surface area contributed by atoms with Crippen molar-refractivity contribution in [3.63, 3.8) is 0 Å². The molecule has 9 nitrogen and oxygen atoms in total. The minimum absolute atomic E-state index is 0.0742. The summed E-state index contributed by atoms with van der Waals surface area (Å²) in [5, 5.41) is 13.9. The Morgan fingerprint density at radius 1 is 1.24 bits per heavy atom. The third kappa shape index (κ3) is 5.13. The Hall–Kier alpha value is -2.83. The minimum Gasteiger partial charge on any atom is -0.477 e. The number of nitrogens with one attached hydrogen (secondary N) is 1. The van der Waals surface area contributed by atoms with Crippen LogP contribution < -0.4 is 5.32 Å². The zero-order valence-corrected chi connectivity index (χ0v) is 20.8. The van der Waals surface area contributed by atoms with Crippen LogP contribution in [0.2, 0.25) is 0 Å². The van der Waals surface area contributed by atoms with Gasteiger partial charge >= 0.3 is 5.97 Å². The van der Waals surface area contributed by atoms with Crippen LogP contribution in [0, 0.1) is 0 Å². The number of hydrogen-bond donors (Lipinski definition) is 2. The predicted molar refractivity (Wildman–Crippen MR) is 130 cm³/mol. The number of carboxylic acid groups (broad SMARTS) is 1. The zero-order valence-electron chi connectivity index (χ0n) is 18.4. The lowest BCUT2D eigenvalue weighted by molar-refractivity contribution is -0.150. The molecule has 2 N–H and O–H groups in total. The summed E-state index contributed by atoms with van der Waals surface area (Å²) < 4.78 is 0.607. The lowest BCUT2D eigenvalue weighted by atomic mass is 10.0. The molecule has 4 rings (SSSR count).